The van der Waals surface area contributed by atoms with Gasteiger partial charge in [0.2, 0.25) is 0 Å². The molecule has 1 N–H and O–H groups in total. The summed E-state index contributed by atoms with van der Waals surface area (Å²) in [6.45, 7) is 4.08. The highest BCUT2D eigenvalue weighted by atomic mass is 35.5. The second-order valence-electron chi connectivity index (χ2n) is 4.32. The Labute approximate surface area is 108 Å². The summed E-state index contributed by atoms with van der Waals surface area (Å²) in [5.74, 6) is 0. The molecule has 0 aromatic carbocycles. The number of ether oxygens (including phenoxy) is 2. The number of hydrogen-bond acceptors (Lipinski definition) is 4. The maximum atomic E-state index is 11.7. The van der Waals surface area contributed by atoms with Crippen LogP contribution in [-0.4, -0.2) is 56.5 Å². The number of morpholine rings is 1. The largest absolute Gasteiger partial charge is 0.448 e. The molecule has 2 fully saturated rings. The Morgan fingerprint density at radius 2 is 2.12 bits per heavy atom. The molecule has 2 heterocycles. The van der Waals surface area contributed by atoms with Gasteiger partial charge in [-0.3, -0.25) is 0 Å². The predicted molar refractivity (Wildman–Crippen MR) is 66.6 cm³/mol. The van der Waals surface area contributed by atoms with E-state index in [0.29, 0.717) is 39.0 Å². The fraction of sp³-hybridized carbons (Fsp3) is 0.909. The zero-order valence-corrected chi connectivity index (χ0v) is 10.8. The van der Waals surface area contributed by atoms with E-state index in [9.17, 15) is 4.79 Å². The Balaban J connectivity index is 0.00000144. The van der Waals surface area contributed by atoms with Crippen molar-refractivity contribution < 1.29 is 14.3 Å². The smallest absolute Gasteiger partial charge is 0.409 e. The van der Waals surface area contributed by atoms with Gasteiger partial charge >= 0.3 is 6.09 Å². The first-order valence-corrected chi connectivity index (χ1v) is 6.09. The Morgan fingerprint density at radius 1 is 1.35 bits per heavy atom. The number of amides is 1. The summed E-state index contributed by atoms with van der Waals surface area (Å²) in [5.41, 5.74) is 0. The molecule has 2 saturated heterocycles. The first-order chi connectivity index (χ1) is 7.86. The van der Waals surface area contributed by atoms with Crippen molar-refractivity contribution in [2.75, 3.05) is 39.5 Å². The van der Waals surface area contributed by atoms with Crippen LogP contribution in [0, 0.1) is 0 Å². The maximum Gasteiger partial charge on any atom is 0.409 e. The molecular formula is C11H21ClN2O3. The van der Waals surface area contributed by atoms with E-state index in [1.54, 1.807) is 4.90 Å². The summed E-state index contributed by atoms with van der Waals surface area (Å²) in [4.78, 5) is 13.4. The molecule has 0 radical (unpaired) electrons. The van der Waals surface area contributed by atoms with E-state index < -0.39 is 0 Å². The molecule has 17 heavy (non-hydrogen) atoms. The summed E-state index contributed by atoms with van der Waals surface area (Å²) >= 11 is 0. The number of hydrogen-bond donors (Lipinski definition) is 1. The van der Waals surface area contributed by atoms with E-state index >= 15 is 0 Å². The minimum Gasteiger partial charge on any atom is -0.448 e. The van der Waals surface area contributed by atoms with E-state index in [4.69, 9.17) is 9.47 Å². The number of nitrogens with zero attached hydrogens (tertiary/aromatic N) is 1. The summed E-state index contributed by atoms with van der Waals surface area (Å²) < 4.78 is 10.5. The van der Waals surface area contributed by atoms with Crippen molar-refractivity contribution in [3.05, 3.63) is 0 Å². The molecule has 1 amide bonds. The molecule has 0 aliphatic carbocycles. The summed E-state index contributed by atoms with van der Waals surface area (Å²) in [5, 5.41) is 3.36. The number of carbonyl (C=O) groups is 1. The minimum atomic E-state index is -0.198. The molecule has 100 valence electrons. The second kappa shape index (κ2) is 7.74. The first-order valence-electron chi connectivity index (χ1n) is 6.09. The Kier molecular flexibility index (Phi) is 6.62. The van der Waals surface area contributed by atoms with Crippen molar-refractivity contribution in [2.45, 2.75) is 25.3 Å². The van der Waals surface area contributed by atoms with Crippen LogP contribution in [0.1, 0.15) is 19.3 Å². The van der Waals surface area contributed by atoms with E-state index in [-0.39, 0.29) is 18.5 Å². The zero-order chi connectivity index (χ0) is 11.2. The molecule has 2 aliphatic rings. The van der Waals surface area contributed by atoms with E-state index in [1.807, 2.05) is 0 Å². The Hall–Kier alpha value is -0.520. The third-order valence-corrected chi connectivity index (χ3v) is 3.09. The molecule has 0 saturated carbocycles. The van der Waals surface area contributed by atoms with Crippen molar-refractivity contribution in [3.63, 3.8) is 0 Å². The quantitative estimate of drug-likeness (QED) is 0.809. The highest BCUT2D eigenvalue weighted by Crippen LogP contribution is 2.08. The topological polar surface area (TPSA) is 50.8 Å². The lowest BCUT2D eigenvalue weighted by Gasteiger charge is -2.28. The first kappa shape index (κ1) is 14.5. The van der Waals surface area contributed by atoms with Crippen molar-refractivity contribution in [1.82, 2.24) is 10.2 Å². The fourth-order valence-corrected chi connectivity index (χ4v) is 2.08. The molecule has 0 aromatic heterocycles. The van der Waals surface area contributed by atoms with Crippen LogP contribution in [0.2, 0.25) is 0 Å². The van der Waals surface area contributed by atoms with Gasteiger partial charge in [0.05, 0.1) is 13.2 Å². The van der Waals surface area contributed by atoms with E-state index in [2.05, 4.69) is 5.32 Å². The molecule has 2 rings (SSSR count). The van der Waals surface area contributed by atoms with Gasteiger partial charge in [-0.05, 0) is 19.4 Å². The monoisotopic (exact) mass is 264 g/mol. The third kappa shape index (κ3) is 4.69. The summed E-state index contributed by atoms with van der Waals surface area (Å²) in [6.07, 6.45) is 3.37. The standard InChI is InChI=1S/C11H20N2O3.ClH/c14-11(13-5-7-15-8-6-13)16-9-10-3-1-2-4-12-10;/h10,12H,1-9H2;1H. The number of piperidine rings is 1. The van der Waals surface area contributed by atoms with Crippen LogP contribution < -0.4 is 5.32 Å². The van der Waals surface area contributed by atoms with Crippen LogP contribution in [0.3, 0.4) is 0 Å². The van der Waals surface area contributed by atoms with Crippen LogP contribution in [0.25, 0.3) is 0 Å². The fourth-order valence-electron chi connectivity index (χ4n) is 2.08. The average Bonchev–Trinajstić information content (AvgIpc) is 2.38. The van der Waals surface area contributed by atoms with Gasteiger partial charge in [-0.15, -0.1) is 12.4 Å². The number of rotatable bonds is 2. The predicted octanol–water partition coefficient (Wildman–Crippen LogP) is 1.02. The Morgan fingerprint density at radius 3 is 2.76 bits per heavy atom. The SMILES string of the molecule is Cl.O=C(OCC1CCCCN1)N1CCOCC1. The van der Waals surface area contributed by atoms with Gasteiger partial charge < -0.3 is 19.7 Å². The van der Waals surface area contributed by atoms with Crippen molar-refractivity contribution in [3.8, 4) is 0 Å². The van der Waals surface area contributed by atoms with Crippen molar-refractivity contribution >= 4 is 18.5 Å². The van der Waals surface area contributed by atoms with Crippen molar-refractivity contribution in [2.24, 2.45) is 0 Å². The van der Waals surface area contributed by atoms with Crippen LogP contribution in [-0.2, 0) is 9.47 Å². The average molecular weight is 265 g/mol. The molecule has 0 spiro atoms. The van der Waals surface area contributed by atoms with Crippen LogP contribution >= 0.6 is 12.4 Å². The molecule has 1 unspecified atom stereocenters. The highest BCUT2D eigenvalue weighted by Gasteiger charge is 2.20. The zero-order valence-electron chi connectivity index (χ0n) is 10.0. The lowest BCUT2D eigenvalue weighted by molar-refractivity contribution is 0.0238. The van der Waals surface area contributed by atoms with E-state index in [1.165, 1.54) is 12.8 Å². The molecule has 1 atom stereocenters. The van der Waals surface area contributed by atoms with Crippen molar-refractivity contribution in [1.29, 1.82) is 0 Å². The van der Waals surface area contributed by atoms with Gasteiger partial charge in [0, 0.05) is 19.1 Å². The maximum absolute atomic E-state index is 11.7. The number of halogens is 1. The van der Waals surface area contributed by atoms with E-state index in [0.717, 1.165) is 13.0 Å². The number of nitrogens with one attached hydrogen (secondary N) is 1. The third-order valence-electron chi connectivity index (χ3n) is 3.09. The minimum absolute atomic E-state index is 0. The molecule has 2 aliphatic heterocycles. The lowest BCUT2D eigenvalue weighted by Crippen LogP contribution is -2.44. The summed E-state index contributed by atoms with van der Waals surface area (Å²) in [7, 11) is 0. The molecule has 0 bridgehead atoms. The van der Waals surface area contributed by atoms with Crippen LogP contribution in [0.5, 0.6) is 0 Å². The molecule has 6 heteroatoms. The van der Waals surface area contributed by atoms with Gasteiger partial charge in [-0.25, -0.2) is 4.79 Å². The van der Waals surface area contributed by atoms with Gasteiger partial charge in [0.25, 0.3) is 0 Å². The van der Waals surface area contributed by atoms with Gasteiger partial charge in [-0.1, -0.05) is 6.42 Å². The number of carbonyl (C=O) groups excluding carboxylic acids is 1. The molecular weight excluding hydrogens is 244 g/mol. The normalized spacial score (nSPS) is 24.9. The van der Waals surface area contributed by atoms with Gasteiger partial charge in [0.1, 0.15) is 6.61 Å². The second-order valence-corrected chi connectivity index (χ2v) is 4.32. The Bertz CT molecular complexity index is 229. The molecule has 5 nitrogen and oxygen atoms in total. The van der Waals surface area contributed by atoms with Gasteiger partial charge in [-0.2, -0.15) is 0 Å². The van der Waals surface area contributed by atoms with Gasteiger partial charge in [0.15, 0.2) is 0 Å². The van der Waals surface area contributed by atoms with Crippen LogP contribution in [0.4, 0.5) is 4.79 Å². The lowest BCUT2D eigenvalue weighted by atomic mass is 10.1. The summed E-state index contributed by atoms with van der Waals surface area (Å²) in [6, 6.07) is 0.346. The van der Waals surface area contributed by atoms with Crippen LogP contribution in [0.15, 0.2) is 0 Å². The highest BCUT2D eigenvalue weighted by molar-refractivity contribution is 5.85. The molecule has 0 aromatic rings.